The number of nitrogens with one attached hydrogen (secondary N) is 1. The molecule has 1 aliphatic rings. The Kier molecular flexibility index (Phi) is 5.53. The molecule has 0 bridgehead atoms. The summed E-state index contributed by atoms with van der Waals surface area (Å²) in [5, 5.41) is 13.5. The molecule has 0 radical (unpaired) electrons. The summed E-state index contributed by atoms with van der Waals surface area (Å²) in [6, 6.07) is 6.93. The lowest BCUT2D eigenvalue weighted by atomic mass is 9.97. The molecule has 0 saturated carbocycles. The van der Waals surface area contributed by atoms with E-state index in [1.54, 1.807) is 5.56 Å². The van der Waals surface area contributed by atoms with Gasteiger partial charge in [-0.1, -0.05) is 19.9 Å². The van der Waals surface area contributed by atoms with Crippen molar-refractivity contribution in [3.8, 4) is 0 Å². The minimum atomic E-state index is -0.169. The molecule has 0 heterocycles. The van der Waals surface area contributed by atoms with E-state index in [0.29, 0.717) is 5.25 Å². The largest absolute Gasteiger partial charge is 0.394 e. The predicted molar refractivity (Wildman–Crippen MR) is 87.6 cm³/mol. The van der Waals surface area contributed by atoms with E-state index in [0.717, 1.165) is 13.0 Å². The van der Waals surface area contributed by atoms with Crippen LogP contribution in [0.3, 0.4) is 0 Å². The van der Waals surface area contributed by atoms with E-state index in [9.17, 15) is 5.11 Å². The Bertz CT molecular complexity index is 449. The molecule has 0 fully saturated rings. The average Bonchev–Trinajstić information content (AvgIpc) is 2.86. The smallest absolute Gasteiger partial charge is 0.0611 e. The van der Waals surface area contributed by atoms with Crippen LogP contribution in [0.5, 0.6) is 0 Å². The third-order valence-electron chi connectivity index (χ3n) is 4.10. The molecule has 2 atom stereocenters. The topological polar surface area (TPSA) is 32.3 Å². The number of rotatable bonds is 7. The van der Waals surface area contributed by atoms with Crippen LogP contribution in [-0.2, 0) is 12.8 Å². The van der Waals surface area contributed by atoms with Crippen molar-refractivity contribution in [1.29, 1.82) is 0 Å². The quantitative estimate of drug-likeness (QED) is 0.756. The molecule has 2 unspecified atom stereocenters. The summed E-state index contributed by atoms with van der Waals surface area (Å²) in [6.45, 7) is 7.54. The fourth-order valence-electron chi connectivity index (χ4n) is 3.15. The Morgan fingerprint density at radius 3 is 2.80 bits per heavy atom. The second-order valence-electron chi connectivity index (χ2n) is 6.17. The van der Waals surface area contributed by atoms with Crippen LogP contribution in [0.2, 0.25) is 0 Å². The summed E-state index contributed by atoms with van der Waals surface area (Å²) in [7, 11) is 0. The van der Waals surface area contributed by atoms with Crippen molar-refractivity contribution in [1.82, 2.24) is 5.32 Å². The highest BCUT2D eigenvalue weighted by atomic mass is 32.2. The van der Waals surface area contributed by atoms with Crippen LogP contribution in [0, 0.1) is 0 Å². The van der Waals surface area contributed by atoms with Crippen LogP contribution in [0.4, 0.5) is 0 Å². The van der Waals surface area contributed by atoms with Gasteiger partial charge in [0.15, 0.2) is 0 Å². The molecule has 3 heteroatoms. The fraction of sp³-hybridized carbons (Fsp3) is 0.647. The van der Waals surface area contributed by atoms with Gasteiger partial charge in [0.25, 0.3) is 0 Å². The highest BCUT2D eigenvalue weighted by Crippen LogP contribution is 2.32. The minimum Gasteiger partial charge on any atom is -0.394 e. The van der Waals surface area contributed by atoms with Gasteiger partial charge < -0.3 is 10.4 Å². The van der Waals surface area contributed by atoms with Crippen LogP contribution in [0.25, 0.3) is 0 Å². The summed E-state index contributed by atoms with van der Waals surface area (Å²) in [6.07, 6.45) is 4.77. The molecule has 0 spiro atoms. The van der Waals surface area contributed by atoms with Crippen molar-refractivity contribution in [2.75, 3.05) is 13.2 Å². The molecule has 0 aromatic heterocycles. The molecule has 2 N–H and O–H groups in total. The van der Waals surface area contributed by atoms with E-state index in [1.165, 1.54) is 29.7 Å². The van der Waals surface area contributed by atoms with Crippen molar-refractivity contribution < 1.29 is 5.11 Å². The van der Waals surface area contributed by atoms with Crippen LogP contribution in [-0.4, -0.2) is 29.0 Å². The zero-order valence-corrected chi connectivity index (χ0v) is 13.7. The van der Waals surface area contributed by atoms with E-state index >= 15 is 0 Å². The van der Waals surface area contributed by atoms with Gasteiger partial charge in [-0.3, -0.25) is 0 Å². The van der Waals surface area contributed by atoms with Crippen molar-refractivity contribution in [3.63, 3.8) is 0 Å². The molecule has 0 saturated heterocycles. The van der Waals surface area contributed by atoms with Gasteiger partial charge in [-0.05, 0) is 62.4 Å². The van der Waals surface area contributed by atoms with E-state index in [4.69, 9.17) is 0 Å². The van der Waals surface area contributed by atoms with Crippen molar-refractivity contribution >= 4 is 11.8 Å². The number of aryl methyl sites for hydroxylation is 2. The number of benzene rings is 1. The van der Waals surface area contributed by atoms with E-state index in [1.807, 2.05) is 11.8 Å². The van der Waals surface area contributed by atoms with Crippen molar-refractivity contribution in [2.24, 2.45) is 0 Å². The first-order valence-electron chi connectivity index (χ1n) is 7.70. The van der Waals surface area contributed by atoms with Gasteiger partial charge in [0.05, 0.1) is 6.61 Å². The van der Waals surface area contributed by atoms with Crippen molar-refractivity contribution in [2.45, 2.75) is 62.1 Å². The number of hydrogen-bond acceptors (Lipinski definition) is 3. The normalized spacial score (nSPS) is 18.6. The molecule has 2 rings (SSSR count). The molecule has 20 heavy (non-hydrogen) atoms. The Labute approximate surface area is 127 Å². The highest BCUT2D eigenvalue weighted by molar-refractivity contribution is 7.99. The Balaban J connectivity index is 1.95. The number of aliphatic hydroxyl groups excluding tert-OH is 1. The summed E-state index contributed by atoms with van der Waals surface area (Å²) in [5.74, 6) is 0. The Morgan fingerprint density at radius 1 is 1.35 bits per heavy atom. The molecular formula is C17H27NOS. The van der Waals surface area contributed by atoms with Crippen molar-refractivity contribution in [3.05, 3.63) is 29.3 Å². The molecular weight excluding hydrogens is 266 g/mol. The lowest BCUT2D eigenvalue weighted by Gasteiger charge is -2.31. The number of likely N-dealkylation sites (N-methyl/N-ethyl adjacent to an activating group) is 1. The number of aliphatic hydroxyl groups is 1. The summed E-state index contributed by atoms with van der Waals surface area (Å²) < 4.78 is 0. The standard InChI is InChI=1S/C17H27NOS/c1-4-18-17(3,12-19)11-13(2)20-16-9-8-14-6-5-7-15(14)10-16/h8-10,13,18-19H,4-7,11-12H2,1-3H3. The number of thioether (sulfide) groups is 1. The Hall–Kier alpha value is -0.510. The second-order valence-corrected chi connectivity index (χ2v) is 7.68. The first kappa shape index (κ1) is 15.9. The summed E-state index contributed by atoms with van der Waals surface area (Å²) in [4.78, 5) is 1.37. The zero-order valence-electron chi connectivity index (χ0n) is 12.9. The monoisotopic (exact) mass is 293 g/mol. The van der Waals surface area contributed by atoms with Crippen LogP contribution >= 0.6 is 11.8 Å². The lowest BCUT2D eigenvalue weighted by molar-refractivity contribution is 0.168. The number of fused-ring (bicyclic) bond motifs is 1. The minimum absolute atomic E-state index is 0.169. The summed E-state index contributed by atoms with van der Waals surface area (Å²) >= 11 is 1.93. The SMILES string of the molecule is CCNC(C)(CO)CC(C)Sc1ccc2c(c1)CCC2. The molecule has 1 aromatic rings. The maximum Gasteiger partial charge on any atom is 0.0611 e. The molecule has 0 amide bonds. The van der Waals surface area contributed by atoms with Gasteiger partial charge in [0.2, 0.25) is 0 Å². The van der Waals surface area contributed by atoms with Gasteiger partial charge in [-0.25, -0.2) is 0 Å². The third-order valence-corrected chi connectivity index (χ3v) is 5.19. The lowest BCUT2D eigenvalue weighted by Crippen LogP contribution is -2.47. The average molecular weight is 293 g/mol. The maximum absolute atomic E-state index is 9.59. The second kappa shape index (κ2) is 6.97. The van der Waals surface area contributed by atoms with E-state index in [-0.39, 0.29) is 12.1 Å². The molecule has 1 aliphatic carbocycles. The molecule has 112 valence electrons. The Morgan fingerprint density at radius 2 is 2.10 bits per heavy atom. The van der Waals surface area contributed by atoms with Crippen LogP contribution in [0.1, 0.15) is 44.7 Å². The molecule has 2 nitrogen and oxygen atoms in total. The van der Waals surface area contributed by atoms with E-state index in [2.05, 4.69) is 44.3 Å². The van der Waals surface area contributed by atoms with Gasteiger partial charge in [0, 0.05) is 15.7 Å². The third kappa shape index (κ3) is 4.00. The molecule has 0 aliphatic heterocycles. The predicted octanol–water partition coefficient (Wildman–Crippen LogP) is 3.41. The molecule has 1 aromatic carbocycles. The maximum atomic E-state index is 9.59. The first-order valence-corrected chi connectivity index (χ1v) is 8.58. The zero-order chi connectivity index (χ0) is 14.6. The van der Waals surface area contributed by atoms with Crippen LogP contribution < -0.4 is 5.32 Å². The van der Waals surface area contributed by atoms with Gasteiger partial charge in [0.1, 0.15) is 0 Å². The van der Waals surface area contributed by atoms with Gasteiger partial charge in [-0.2, -0.15) is 0 Å². The summed E-state index contributed by atoms with van der Waals surface area (Å²) in [5.41, 5.74) is 2.91. The highest BCUT2D eigenvalue weighted by Gasteiger charge is 2.25. The van der Waals surface area contributed by atoms with Gasteiger partial charge in [-0.15, -0.1) is 11.8 Å². The van der Waals surface area contributed by atoms with E-state index < -0.39 is 0 Å². The fourth-order valence-corrected chi connectivity index (χ4v) is 4.42. The number of hydrogen-bond donors (Lipinski definition) is 2. The van der Waals surface area contributed by atoms with Crippen LogP contribution in [0.15, 0.2) is 23.1 Å². The van der Waals surface area contributed by atoms with Gasteiger partial charge >= 0.3 is 0 Å². The first-order chi connectivity index (χ1) is 9.56.